The highest BCUT2D eigenvalue weighted by Gasteiger charge is 2.23. The summed E-state index contributed by atoms with van der Waals surface area (Å²) in [5.41, 5.74) is 0.734. The monoisotopic (exact) mass is 363 g/mol. The first kappa shape index (κ1) is 19.0. The Kier molecular flexibility index (Phi) is 7.00. The van der Waals surface area contributed by atoms with E-state index in [4.69, 9.17) is 4.74 Å². The summed E-state index contributed by atoms with van der Waals surface area (Å²) in [5, 5.41) is 5.28. The Morgan fingerprint density at radius 2 is 2.16 bits per heavy atom. The van der Waals surface area contributed by atoms with Crippen LogP contribution >= 0.6 is 12.6 Å². The molecule has 7 nitrogen and oxygen atoms in total. The topological polar surface area (TPSA) is 97.4 Å². The Balaban J connectivity index is 2.22. The number of nitrogens with one attached hydrogen (secondary N) is 2. The first-order valence-corrected chi connectivity index (χ1v) is 8.64. The van der Waals surface area contributed by atoms with Crippen molar-refractivity contribution < 1.29 is 19.1 Å². The van der Waals surface area contributed by atoms with Crippen molar-refractivity contribution in [1.29, 1.82) is 0 Å². The van der Waals surface area contributed by atoms with Crippen molar-refractivity contribution in [2.75, 3.05) is 5.75 Å². The molecule has 1 aliphatic rings. The number of carbonyl (C=O) groups excluding carboxylic acids is 3. The normalized spacial score (nSPS) is 22.2. The van der Waals surface area contributed by atoms with Gasteiger partial charge in [0.2, 0.25) is 5.91 Å². The quantitative estimate of drug-likeness (QED) is 0.423. The number of amides is 2. The summed E-state index contributed by atoms with van der Waals surface area (Å²) >= 11 is 4.11. The molecule has 0 radical (unpaired) electrons. The van der Waals surface area contributed by atoms with Gasteiger partial charge in [-0.15, -0.1) is 0 Å². The third-order valence-electron chi connectivity index (χ3n) is 3.51. The predicted molar refractivity (Wildman–Crippen MR) is 95.1 cm³/mol. The van der Waals surface area contributed by atoms with Crippen LogP contribution in [0.3, 0.4) is 0 Å². The number of carbonyl (C=O) groups is 3. The largest absolute Gasteiger partial charge is 0.456 e. The molecule has 2 bridgehead atoms. The van der Waals surface area contributed by atoms with Crippen molar-refractivity contribution >= 4 is 30.4 Å². The molecule has 2 atom stereocenters. The first-order valence-electron chi connectivity index (χ1n) is 8.01. The molecule has 0 aliphatic carbocycles. The summed E-state index contributed by atoms with van der Waals surface area (Å²) in [6.07, 6.45) is 3.46. The van der Waals surface area contributed by atoms with Crippen LogP contribution < -0.4 is 10.6 Å². The van der Waals surface area contributed by atoms with E-state index in [-0.39, 0.29) is 24.6 Å². The molecule has 0 saturated carbocycles. The van der Waals surface area contributed by atoms with Crippen LogP contribution in [0.1, 0.15) is 35.9 Å². The van der Waals surface area contributed by atoms with Crippen LogP contribution in [-0.2, 0) is 20.9 Å². The third kappa shape index (κ3) is 5.90. The number of aromatic nitrogens is 1. The molecule has 2 heterocycles. The SMILES string of the molecule is C[C@@H]1NC(=O)c2cccc(n2)CNC(=O)C[C@@H](/C=C/CCS)OC1=O. The van der Waals surface area contributed by atoms with E-state index < -0.39 is 24.0 Å². The van der Waals surface area contributed by atoms with Gasteiger partial charge in [-0.1, -0.05) is 12.1 Å². The second-order valence-electron chi connectivity index (χ2n) is 5.61. The van der Waals surface area contributed by atoms with Crippen LogP contribution in [0.5, 0.6) is 0 Å². The van der Waals surface area contributed by atoms with Gasteiger partial charge in [0.1, 0.15) is 17.8 Å². The minimum Gasteiger partial charge on any atom is -0.456 e. The zero-order valence-corrected chi connectivity index (χ0v) is 14.8. The van der Waals surface area contributed by atoms with Crippen LogP contribution in [0.2, 0.25) is 0 Å². The van der Waals surface area contributed by atoms with E-state index >= 15 is 0 Å². The van der Waals surface area contributed by atoms with Gasteiger partial charge in [-0.2, -0.15) is 12.6 Å². The number of allylic oxidation sites excluding steroid dienone is 1. The number of pyridine rings is 1. The molecular weight excluding hydrogens is 342 g/mol. The van der Waals surface area contributed by atoms with Gasteiger partial charge in [-0.05, 0) is 37.3 Å². The van der Waals surface area contributed by atoms with E-state index in [1.54, 1.807) is 24.3 Å². The smallest absolute Gasteiger partial charge is 0.328 e. The molecule has 0 spiro atoms. The standard InChI is InChI=1S/C17H21N3O4S/c1-11-17(23)24-13(6-2-3-8-25)9-15(21)18-10-12-5-4-7-14(20-12)16(22)19-11/h2,4-7,11,13,25H,3,8-10H2,1H3,(H,18,21)(H,19,22)/b6-2+/t11-,13+/m0/s1. The van der Waals surface area contributed by atoms with Gasteiger partial charge in [0.15, 0.2) is 0 Å². The number of nitrogens with zero attached hydrogens (tertiary/aromatic N) is 1. The predicted octanol–water partition coefficient (Wildman–Crippen LogP) is 1.01. The molecule has 2 rings (SSSR count). The molecule has 2 N–H and O–H groups in total. The van der Waals surface area contributed by atoms with Crippen molar-refractivity contribution in [1.82, 2.24) is 15.6 Å². The van der Waals surface area contributed by atoms with E-state index in [9.17, 15) is 14.4 Å². The van der Waals surface area contributed by atoms with Crippen molar-refractivity contribution in [3.05, 3.63) is 41.7 Å². The average molecular weight is 363 g/mol. The molecule has 0 saturated heterocycles. The summed E-state index contributed by atoms with van der Waals surface area (Å²) in [7, 11) is 0. The summed E-state index contributed by atoms with van der Waals surface area (Å²) in [6, 6.07) is 4.07. The van der Waals surface area contributed by atoms with E-state index in [1.807, 2.05) is 6.08 Å². The fraction of sp³-hybridized carbons (Fsp3) is 0.412. The van der Waals surface area contributed by atoms with Crippen LogP contribution in [-0.4, -0.2) is 40.7 Å². The van der Waals surface area contributed by atoms with Gasteiger partial charge in [-0.25, -0.2) is 9.78 Å². The second kappa shape index (κ2) is 9.22. The highest BCUT2D eigenvalue weighted by atomic mass is 32.1. The first-order chi connectivity index (χ1) is 12.0. The zero-order valence-electron chi connectivity index (χ0n) is 13.9. The van der Waals surface area contributed by atoms with Crippen molar-refractivity contribution in [2.24, 2.45) is 0 Å². The molecular formula is C17H21N3O4S. The lowest BCUT2D eigenvalue weighted by atomic mass is 10.2. The molecule has 0 unspecified atom stereocenters. The molecule has 134 valence electrons. The molecule has 1 aliphatic heterocycles. The maximum absolute atomic E-state index is 12.2. The molecule has 1 aromatic rings. The van der Waals surface area contributed by atoms with E-state index in [1.165, 1.54) is 6.92 Å². The molecule has 0 fully saturated rings. The second-order valence-corrected chi connectivity index (χ2v) is 6.05. The van der Waals surface area contributed by atoms with E-state index in [0.29, 0.717) is 17.9 Å². The maximum Gasteiger partial charge on any atom is 0.328 e. The Labute approximate surface area is 151 Å². The molecule has 0 aromatic carbocycles. The van der Waals surface area contributed by atoms with E-state index in [0.717, 1.165) is 0 Å². The Morgan fingerprint density at radius 3 is 2.92 bits per heavy atom. The molecule has 8 heteroatoms. The number of rotatable bonds is 3. The van der Waals surface area contributed by atoms with E-state index in [2.05, 4.69) is 28.2 Å². The number of cyclic esters (lactones) is 1. The van der Waals surface area contributed by atoms with Crippen LogP contribution in [0, 0.1) is 0 Å². The summed E-state index contributed by atoms with van der Waals surface area (Å²) < 4.78 is 5.35. The molecule has 2 amide bonds. The van der Waals surface area contributed by atoms with Gasteiger partial charge in [0.05, 0.1) is 18.7 Å². The summed E-state index contributed by atoms with van der Waals surface area (Å²) in [6.45, 7) is 1.72. The van der Waals surface area contributed by atoms with Gasteiger partial charge in [0.25, 0.3) is 5.91 Å². The van der Waals surface area contributed by atoms with Crippen molar-refractivity contribution in [3.63, 3.8) is 0 Å². The lowest BCUT2D eigenvalue weighted by Crippen LogP contribution is -2.41. The molecule has 1 aromatic heterocycles. The van der Waals surface area contributed by atoms with Gasteiger partial charge < -0.3 is 15.4 Å². The Morgan fingerprint density at radius 1 is 1.36 bits per heavy atom. The maximum atomic E-state index is 12.2. The number of esters is 1. The fourth-order valence-corrected chi connectivity index (χ4v) is 2.35. The zero-order chi connectivity index (χ0) is 18.2. The van der Waals surface area contributed by atoms with Gasteiger partial charge in [0, 0.05) is 0 Å². The van der Waals surface area contributed by atoms with Gasteiger partial charge >= 0.3 is 5.97 Å². The highest BCUT2D eigenvalue weighted by Crippen LogP contribution is 2.08. The minimum absolute atomic E-state index is 0.00479. The van der Waals surface area contributed by atoms with Crippen molar-refractivity contribution in [3.8, 4) is 0 Å². The van der Waals surface area contributed by atoms with Crippen LogP contribution in [0.15, 0.2) is 30.4 Å². The van der Waals surface area contributed by atoms with Crippen molar-refractivity contribution in [2.45, 2.75) is 38.5 Å². The van der Waals surface area contributed by atoms with Gasteiger partial charge in [-0.3, -0.25) is 9.59 Å². The Hall–Kier alpha value is -2.35. The molecule has 25 heavy (non-hydrogen) atoms. The summed E-state index contributed by atoms with van der Waals surface area (Å²) in [5.74, 6) is -0.709. The number of hydrogen-bond donors (Lipinski definition) is 3. The summed E-state index contributed by atoms with van der Waals surface area (Å²) in [4.78, 5) is 40.7. The number of thiol groups is 1. The van der Waals surface area contributed by atoms with Crippen LogP contribution in [0.25, 0.3) is 0 Å². The lowest BCUT2D eigenvalue weighted by molar-refractivity contribution is -0.149. The number of fused-ring (bicyclic) bond motifs is 2. The Bertz CT molecular complexity index is 678. The number of hydrogen-bond acceptors (Lipinski definition) is 6. The van der Waals surface area contributed by atoms with Crippen LogP contribution in [0.4, 0.5) is 0 Å². The third-order valence-corrected chi connectivity index (χ3v) is 3.77. The average Bonchev–Trinajstić information content (AvgIpc) is 2.59. The minimum atomic E-state index is -0.859. The lowest BCUT2D eigenvalue weighted by Gasteiger charge is -2.18. The fourth-order valence-electron chi connectivity index (χ4n) is 2.20. The highest BCUT2D eigenvalue weighted by molar-refractivity contribution is 7.80. The number of ether oxygens (including phenoxy) is 1.